The van der Waals surface area contributed by atoms with Gasteiger partial charge < -0.3 is 4.98 Å². The lowest BCUT2D eigenvalue weighted by Crippen LogP contribution is -2.03. The standard InChI is InChI=1S/C10H12N2S/c13-12-6-5-8-7-11-10-4-2-1-3-9(8)10/h1-4,7,11-13H,5-6H2. The van der Waals surface area contributed by atoms with E-state index in [1.165, 1.54) is 16.5 Å². The Morgan fingerprint density at radius 1 is 1.31 bits per heavy atom. The zero-order valence-electron chi connectivity index (χ0n) is 7.25. The molecule has 13 heavy (non-hydrogen) atoms. The first kappa shape index (κ1) is 8.66. The van der Waals surface area contributed by atoms with E-state index in [-0.39, 0.29) is 0 Å². The zero-order chi connectivity index (χ0) is 9.10. The highest BCUT2D eigenvalue weighted by molar-refractivity contribution is 7.78. The van der Waals surface area contributed by atoms with E-state index in [2.05, 4.69) is 46.9 Å². The molecule has 0 fully saturated rings. The summed E-state index contributed by atoms with van der Waals surface area (Å²) in [6, 6.07) is 8.33. The minimum absolute atomic E-state index is 0.894. The zero-order valence-corrected chi connectivity index (χ0v) is 8.14. The number of nitrogens with one attached hydrogen (secondary N) is 2. The molecule has 0 saturated carbocycles. The van der Waals surface area contributed by atoms with Crippen molar-refractivity contribution in [1.29, 1.82) is 0 Å². The number of fused-ring (bicyclic) bond motifs is 1. The van der Waals surface area contributed by atoms with Gasteiger partial charge in [0.1, 0.15) is 0 Å². The van der Waals surface area contributed by atoms with Gasteiger partial charge in [-0.3, -0.25) is 4.72 Å². The van der Waals surface area contributed by atoms with Crippen LogP contribution in [0.3, 0.4) is 0 Å². The molecule has 0 aliphatic rings. The Balaban J connectivity index is 2.35. The van der Waals surface area contributed by atoms with Crippen molar-refractivity contribution in [2.24, 2.45) is 0 Å². The topological polar surface area (TPSA) is 27.8 Å². The minimum Gasteiger partial charge on any atom is -0.361 e. The van der Waals surface area contributed by atoms with Gasteiger partial charge in [0.15, 0.2) is 0 Å². The van der Waals surface area contributed by atoms with Gasteiger partial charge in [-0.15, -0.1) is 0 Å². The highest BCUT2D eigenvalue weighted by Crippen LogP contribution is 2.17. The van der Waals surface area contributed by atoms with E-state index in [1.54, 1.807) is 0 Å². The highest BCUT2D eigenvalue weighted by Gasteiger charge is 2.00. The maximum atomic E-state index is 3.97. The van der Waals surface area contributed by atoms with E-state index in [0.29, 0.717) is 0 Å². The molecule has 1 aromatic carbocycles. The van der Waals surface area contributed by atoms with Gasteiger partial charge in [-0.25, -0.2) is 0 Å². The van der Waals surface area contributed by atoms with E-state index >= 15 is 0 Å². The number of aromatic nitrogens is 1. The lowest BCUT2D eigenvalue weighted by molar-refractivity contribution is 0.919. The second kappa shape index (κ2) is 3.85. The minimum atomic E-state index is 0.894. The summed E-state index contributed by atoms with van der Waals surface area (Å²) in [5, 5.41) is 1.31. The first-order valence-electron chi connectivity index (χ1n) is 4.34. The van der Waals surface area contributed by atoms with Gasteiger partial charge in [0.25, 0.3) is 0 Å². The number of aromatic amines is 1. The second-order valence-electron chi connectivity index (χ2n) is 3.02. The van der Waals surface area contributed by atoms with Gasteiger partial charge in [0.05, 0.1) is 0 Å². The average molecular weight is 192 g/mol. The molecular formula is C10H12N2S. The molecular weight excluding hydrogens is 180 g/mol. The quantitative estimate of drug-likeness (QED) is 0.639. The first-order valence-corrected chi connectivity index (χ1v) is 4.78. The summed E-state index contributed by atoms with van der Waals surface area (Å²) in [6.45, 7) is 0.894. The average Bonchev–Trinajstić information content (AvgIpc) is 2.58. The summed E-state index contributed by atoms with van der Waals surface area (Å²) >= 11 is 3.97. The monoisotopic (exact) mass is 192 g/mol. The molecule has 2 aromatic rings. The molecule has 0 spiro atoms. The molecule has 0 aliphatic heterocycles. The fourth-order valence-electron chi connectivity index (χ4n) is 1.53. The predicted molar refractivity (Wildman–Crippen MR) is 59.0 cm³/mol. The van der Waals surface area contributed by atoms with Gasteiger partial charge >= 0.3 is 0 Å². The van der Waals surface area contributed by atoms with Gasteiger partial charge in [0, 0.05) is 23.6 Å². The summed E-state index contributed by atoms with van der Waals surface area (Å²) in [6.07, 6.45) is 3.07. The van der Waals surface area contributed by atoms with Crippen LogP contribution in [0, 0.1) is 0 Å². The van der Waals surface area contributed by atoms with Crippen LogP contribution in [0.5, 0.6) is 0 Å². The number of thiol groups is 1. The van der Waals surface area contributed by atoms with Crippen molar-refractivity contribution in [2.45, 2.75) is 6.42 Å². The molecule has 0 saturated heterocycles. The van der Waals surface area contributed by atoms with Crippen LogP contribution >= 0.6 is 12.8 Å². The van der Waals surface area contributed by atoms with E-state index in [4.69, 9.17) is 0 Å². The Hall–Kier alpha value is -0.930. The van der Waals surface area contributed by atoms with Crippen LogP contribution in [0.15, 0.2) is 30.5 Å². The van der Waals surface area contributed by atoms with Crippen molar-refractivity contribution in [2.75, 3.05) is 6.54 Å². The molecule has 1 aromatic heterocycles. The molecule has 0 amide bonds. The van der Waals surface area contributed by atoms with Crippen molar-refractivity contribution in [3.8, 4) is 0 Å². The molecule has 1 heterocycles. The molecule has 2 nitrogen and oxygen atoms in total. The van der Waals surface area contributed by atoms with Crippen molar-refractivity contribution in [3.05, 3.63) is 36.0 Å². The summed E-state index contributed by atoms with van der Waals surface area (Å²) in [7, 11) is 0. The maximum absolute atomic E-state index is 3.97. The third-order valence-electron chi connectivity index (χ3n) is 2.18. The molecule has 0 aliphatic carbocycles. The Bertz CT molecular complexity index is 394. The predicted octanol–water partition coefficient (Wildman–Crippen LogP) is 2.14. The van der Waals surface area contributed by atoms with Crippen molar-refractivity contribution in [3.63, 3.8) is 0 Å². The largest absolute Gasteiger partial charge is 0.361 e. The van der Waals surface area contributed by atoms with Crippen LogP contribution in [0.1, 0.15) is 5.56 Å². The van der Waals surface area contributed by atoms with E-state index in [9.17, 15) is 0 Å². The van der Waals surface area contributed by atoms with Crippen LogP contribution in [0.2, 0.25) is 0 Å². The molecule has 0 unspecified atom stereocenters. The number of hydrogen-bond donors (Lipinski definition) is 3. The molecule has 0 atom stereocenters. The first-order chi connectivity index (χ1) is 6.42. The van der Waals surface area contributed by atoms with Crippen LogP contribution in [0.4, 0.5) is 0 Å². The molecule has 2 N–H and O–H groups in total. The van der Waals surface area contributed by atoms with Crippen LogP contribution in [-0.2, 0) is 6.42 Å². The number of hydrogen-bond acceptors (Lipinski definition) is 2. The van der Waals surface area contributed by atoms with Gasteiger partial charge in [-0.05, 0) is 18.1 Å². The Kier molecular flexibility index (Phi) is 2.57. The lowest BCUT2D eigenvalue weighted by Gasteiger charge is -1.96. The van der Waals surface area contributed by atoms with E-state index < -0.39 is 0 Å². The third-order valence-corrected chi connectivity index (χ3v) is 2.40. The summed E-state index contributed by atoms with van der Waals surface area (Å²) in [5.41, 5.74) is 2.55. The highest BCUT2D eigenvalue weighted by atomic mass is 32.1. The normalized spacial score (nSPS) is 10.8. The lowest BCUT2D eigenvalue weighted by atomic mass is 10.1. The van der Waals surface area contributed by atoms with Crippen LogP contribution < -0.4 is 4.72 Å². The van der Waals surface area contributed by atoms with Crippen molar-refractivity contribution >= 4 is 23.7 Å². The number of rotatable bonds is 3. The molecule has 0 bridgehead atoms. The molecule has 68 valence electrons. The van der Waals surface area contributed by atoms with Gasteiger partial charge in [-0.1, -0.05) is 31.0 Å². The third kappa shape index (κ3) is 1.71. The maximum Gasteiger partial charge on any atom is 0.0456 e. The SMILES string of the molecule is SNCCc1c[nH]c2ccccc12. The van der Waals surface area contributed by atoms with E-state index in [1.807, 2.05) is 6.07 Å². The van der Waals surface area contributed by atoms with Crippen molar-refractivity contribution in [1.82, 2.24) is 9.71 Å². The van der Waals surface area contributed by atoms with Crippen molar-refractivity contribution < 1.29 is 0 Å². The second-order valence-corrected chi connectivity index (χ2v) is 3.33. The van der Waals surface area contributed by atoms with Crippen LogP contribution in [-0.4, -0.2) is 11.5 Å². The van der Waals surface area contributed by atoms with Crippen LogP contribution in [0.25, 0.3) is 10.9 Å². The van der Waals surface area contributed by atoms with Gasteiger partial charge in [-0.2, -0.15) is 0 Å². The number of benzene rings is 1. The van der Waals surface area contributed by atoms with E-state index in [0.717, 1.165) is 13.0 Å². The summed E-state index contributed by atoms with van der Waals surface area (Å²) < 4.78 is 2.85. The Morgan fingerprint density at radius 3 is 3.00 bits per heavy atom. The Morgan fingerprint density at radius 2 is 2.15 bits per heavy atom. The molecule has 2 rings (SSSR count). The number of H-pyrrole nitrogens is 1. The summed E-state index contributed by atoms with van der Waals surface area (Å²) in [5.74, 6) is 0. The fraction of sp³-hybridized carbons (Fsp3) is 0.200. The fourth-order valence-corrected chi connectivity index (χ4v) is 1.64. The summed E-state index contributed by atoms with van der Waals surface area (Å²) in [4.78, 5) is 3.24. The smallest absolute Gasteiger partial charge is 0.0456 e. The van der Waals surface area contributed by atoms with Gasteiger partial charge in [0.2, 0.25) is 0 Å². The molecule has 0 radical (unpaired) electrons. The Labute approximate surface area is 82.9 Å². The number of para-hydroxylation sites is 1. The molecule has 3 heteroatoms.